The average Bonchev–Trinajstić information content (AvgIpc) is 2.94. The summed E-state index contributed by atoms with van der Waals surface area (Å²) in [5, 5.41) is 5.66. The van der Waals surface area contributed by atoms with Crippen molar-refractivity contribution in [2.45, 2.75) is 13.3 Å². The lowest BCUT2D eigenvalue weighted by Gasteiger charge is -2.10. The second-order valence-corrected chi connectivity index (χ2v) is 7.52. The molecule has 2 N–H and O–H groups in total. The number of hydrogen-bond donors (Lipinski definition) is 2. The van der Waals surface area contributed by atoms with Gasteiger partial charge in [-0.3, -0.25) is 25.1 Å². The number of aldehydes is 1. The summed E-state index contributed by atoms with van der Waals surface area (Å²) in [5.74, 6) is 0.400. The number of methoxy groups -OCH3 is 1. The number of rotatable bonds is 6. The molecule has 4 heterocycles. The average molecular weight is 507 g/mol. The number of aromatic nitrogens is 4. The van der Waals surface area contributed by atoms with E-state index in [1.165, 1.54) is 19.4 Å². The van der Waals surface area contributed by atoms with Gasteiger partial charge in [0.1, 0.15) is 17.8 Å². The minimum Gasteiger partial charge on any atom is -0.453 e. The van der Waals surface area contributed by atoms with Gasteiger partial charge in [0, 0.05) is 48.0 Å². The fourth-order valence-electron chi connectivity index (χ4n) is 3.19. The van der Waals surface area contributed by atoms with Crippen molar-refractivity contribution >= 4 is 23.9 Å². The van der Waals surface area contributed by atoms with Crippen LogP contribution in [0.1, 0.15) is 28.2 Å². The molecule has 0 spiro atoms. The summed E-state index contributed by atoms with van der Waals surface area (Å²) in [6.45, 7) is 1.97. The van der Waals surface area contributed by atoms with Crippen molar-refractivity contribution in [1.29, 1.82) is 0 Å². The number of halogens is 2. The SMILES string of the molecule is CNc1cnc(C)c(-c2ccnc(-c3ccnc(NC(=O)OC)c3)c2)c1.O=Cc1ccnc(C(F)F)c1. The van der Waals surface area contributed by atoms with Gasteiger partial charge in [0.2, 0.25) is 0 Å². The van der Waals surface area contributed by atoms with Crippen LogP contribution in [0.15, 0.2) is 67.3 Å². The number of amides is 1. The third-order valence-electron chi connectivity index (χ3n) is 5.08. The highest BCUT2D eigenvalue weighted by Crippen LogP contribution is 2.28. The Bertz CT molecular complexity index is 1380. The molecule has 4 rings (SSSR count). The van der Waals surface area contributed by atoms with Crippen molar-refractivity contribution in [2.75, 3.05) is 24.8 Å². The van der Waals surface area contributed by atoms with E-state index in [0.29, 0.717) is 12.1 Å². The van der Waals surface area contributed by atoms with Gasteiger partial charge in [0.25, 0.3) is 6.43 Å². The zero-order valence-electron chi connectivity index (χ0n) is 20.3. The van der Waals surface area contributed by atoms with Crippen molar-refractivity contribution in [1.82, 2.24) is 19.9 Å². The van der Waals surface area contributed by atoms with Crippen LogP contribution in [-0.4, -0.2) is 46.5 Å². The molecule has 0 fully saturated rings. The summed E-state index contributed by atoms with van der Waals surface area (Å²) in [4.78, 5) is 37.8. The van der Waals surface area contributed by atoms with E-state index in [1.54, 1.807) is 24.7 Å². The minimum atomic E-state index is -2.62. The van der Waals surface area contributed by atoms with Crippen LogP contribution >= 0.6 is 0 Å². The molecule has 0 aliphatic carbocycles. The lowest BCUT2D eigenvalue weighted by Crippen LogP contribution is -2.11. The number of carbonyl (C=O) groups excluding carboxylic acids is 2. The van der Waals surface area contributed by atoms with E-state index in [0.717, 1.165) is 39.8 Å². The quantitative estimate of drug-likeness (QED) is 0.326. The van der Waals surface area contributed by atoms with E-state index in [4.69, 9.17) is 0 Å². The van der Waals surface area contributed by atoms with Crippen molar-refractivity contribution in [3.8, 4) is 22.4 Å². The number of anilines is 2. The highest BCUT2D eigenvalue weighted by atomic mass is 19.3. The number of carbonyl (C=O) groups is 2. The highest BCUT2D eigenvalue weighted by molar-refractivity contribution is 5.84. The third kappa shape index (κ3) is 7.34. The van der Waals surface area contributed by atoms with Crippen LogP contribution in [0.3, 0.4) is 0 Å². The second-order valence-electron chi connectivity index (χ2n) is 7.52. The number of nitrogens with one attached hydrogen (secondary N) is 2. The molecule has 0 unspecified atom stereocenters. The summed E-state index contributed by atoms with van der Waals surface area (Å²) in [7, 11) is 3.17. The summed E-state index contributed by atoms with van der Waals surface area (Å²) in [5.41, 5.74) is 5.38. The van der Waals surface area contributed by atoms with Gasteiger partial charge < -0.3 is 10.1 Å². The molecule has 0 aliphatic heterocycles. The molecule has 0 bridgehead atoms. The van der Waals surface area contributed by atoms with Crippen LogP contribution in [0, 0.1) is 6.92 Å². The first-order chi connectivity index (χ1) is 17.8. The zero-order valence-corrected chi connectivity index (χ0v) is 20.3. The molecule has 4 aromatic rings. The maximum atomic E-state index is 11.9. The summed E-state index contributed by atoms with van der Waals surface area (Å²) in [6.07, 6.45) is 3.68. The molecule has 1 amide bonds. The molecular weight excluding hydrogens is 482 g/mol. The fraction of sp³-hybridized carbons (Fsp3) is 0.154. The van der Waals surface area contributed by atoms with Crippen molar-refractivity contribution in [3.63, 3.8) is 0 Å². The number of hydrogen-bond acceptors (Lipinski definition) is 8. The van der Waals surface area contributed by atoms with Crippen LogP contribution in [-0.2, 0) is 4.74 Å². The maximum absolute atomic E-state index is 11.9. The second kappa shape index (κ2) is 12.8. The smallest absolute Gasteiger partial charge is 0.412 e. The first-order valence-electron chi connectivity index (χ1n) is 11.0. The maximum Gasteiger partial charge on any atom is 0.412 e. The summed E-state index contributed by atoms with van der Waals surface area (Å²) < 4.78 is 28.4. The number of aryl methyl sites for hydroxylation is 1. The molecule has 0 aliphatic rings. The van der Waals surface area contributed by atoms with Gasteiger partial charge in [-0.25, -0.2) is 18.6 Å². The zero-order chi connectivity index (χ0) is 26.8. The molecule has 0 aromatic carbocycles. The summed E-state index contributed by atoms with van der Waals surface area (Å²) >= 11 is 0. The van der Waals surface area contributed by atoms with Gasteiger partial charge >= 0.3 is 6.09 Å². The Morgan fingerprint density at radius 1 is 0.973 bits per heavy atom. The van der Waals surface area contributed by atoms with E-state index in [-0.39, 0.29) is 11.3 Å². The predicted molar refractivity (Wildman–Crippen MR) is 136 cm³/mol. The van der Waals surface area contributed by atoms with Crippen LogP contribution in [0.5, 0.6) is 0 Å². The molecule has 37 heavy (non-hydrogen) atoms. The normalized spacial score (nSPS) is 10.2. The molecule has 4 aromatic heterocycles. The van der Waals surface area contributed by atoms with Gasteiger partial charge in [-0.15, -0.1) is 0 Å². The van der Waals surface area contributed by atoms with Gasteiger partial charge in [0.15, 0.2) is 0 Å². The Morgan fingerprint density at radius 3 is 2.41 bits per heavy atom. The standard InChI is InChI=1S/C19H19N5O2.C7H5F2NO/c1-12-16(10-15(20-2)11-23-12)13-4-6-21-17(8-13)14-5-7-22-18(9-14)24-19(25)26-3;8-7(9)6-3-5(4-11)1-2-10-6/h4-11,20H,1-3H3,(H,22,24,25);1-4,7H. The van der Waals surface area contributed by atoms with Crippen LogP contribution in [0.2, 0.25) is 0 Å². The number of pyridine rings is 4. The minimum absolute atomic E-state index is 0.218. The number of alkyl halides is 2. The van der Waals surface area contributed by atoms with E-state index >= 15 is 0 Å². The van der Waals surface area contributed by atoms with E-state index < -0.39 is 12.5 Å². The molecule has 190 valence electrons. The molecule has 0 saturated carbocycles. The van der Waals surface area contributed by atoms with Gasteiger partial charge in [0.05, 0.1) is 24.7 Å². The fourth-order valence-corrected chi connectivity index (χ4v) is 3.19. The topological polar surface area (TPSA) is 119 Å². The van der Waals surface area contributed by atoms with Gasteiger partial charge in [-0.05, 0) is 55.0 Å². The number of nitrogens with zero attached hydrogens (tertiary/aromatic N) is 4. The third-order valence-corrected chi connectivity index (χ3v) is 5.08. The van der Waals surface area contributed by atoms with Crippen LogP contribution in [0.4, 0.5) is 25.1 Å². The predicted octanol–water partition coefficient (Wildman–Crippen LogP) is 5.57. The van der Waals surface area contributed by atoms with E-state index in [1.807, 2.05) is 32.2 Å². The Morgan fingerprint density at radius 2 is 1.70 bits per heavy atom. The molecule has 0 saturated heterocycles. The lowest BCUT2D eigenvalue weighted by atomic mass is 10.0. The van der Waals surface area contributed by atoms with E-state index in [2.05, 4.69) is 41.4 Å². The van der Waals surface area contributed by atoms with Crippen molar-refractivity contribution in [2.24, 2.45) is 0 Å². The molecule has 0 atom stereocenters. The largest absolute Gasteiger partial charge is 0.453 e. The number of ether oxygens (including phenoxy) is 1. The Balaban J connectivity index is 0.000000289. The van der Waals surface area contributed by atoms with Crippen molar-refractivity contribution in [3.05, 3.63) is 84.2 Å². The Kier molecular flexibility index (Phi) is 9.25. The first kappa shape index (κ1) is 26.8. The molecule has 11 heteroatoms. The first-order valence-corrected chi connectivity index (χ1v) is 11.0. The molecular formula is C26H24F2N6O3. The van der Waals surface area contributed by atoms with Crippen molar-refractivity contribution < 1.29 is 23.1 Å². The lowest BCUT2D eigenvalue weighted by molar-refractivity contribution is 0.112. The summed E-state index contributed by atoms with van der Waals surface area (Å²) in [6, 6.07) is 12.0. The van der Waals surface area contributed by atoms with E-state index in [9.17, 15) is 18.4 Å². The van der Waals surface area contributed by atoms with Crippen LogP contribution < -0.4 is 10.6 Å². The van der Waals surface area contributed by atoms with Crippen LogP contribution in [0.25, 0.3) is 22.4 Å². The Hall–Kier alpha value is -4.80. The highest BCUT2D eigenvalue weighted by Gasteiger charge is 2.10. The molecule has 9 nitrogen and oxygen atoms in total. The van der Waals surface area contributed by atoms with Gasteiger partial charge in [-0.1, -0.05) is 0 Å². The van der Waals surface area contributed by atoms with Gasteiger partial charge in [-0.2, -0.15) is 0 Å². The Labute approximate surface area is 212 Å². The molecule has 0 radical (unpaired) electrons. The monoisotopic (exact) mass is 506 g/mol.